The van der Waals surface area contributed by atoms with Crippen molar-refractivity contribution in [3.8, 4) is 0 Å². The smallest absolute Gasteiger partial charge is 0.181 e. The third-order valence-corrected chi connectivity index (χ3v) is 3.70. The van der Waals surface area contributed by atoms with Crippen molar-refractivity contribution in [1.82, 2.24) is 24.8 Å². The Bertz CT molecular complexity index is 471. The third-order valence-electron chi connectivity index (χ3n) is 2.73. The highest BCUT2D eigenvalue weighted by Gasteiger charge is 2.06. The predicted octanol–water partition coefficient (Wildman–Crippen LogP) is 2.21. The van der Waals surface area contributed by atoms with Crippen LogP contribution in [0.25, 0.3) is 11.2 Å². The second kappa shape index (κ2) is 7.56. The Hall–Kier alpha value is -0.850. The Balaban J connectivity index is 0.00000162. The summed E-state index contributed by atoms with van der Waals surface area (Å²) in [5.41, 5.74) is 1.68. The van der Waals surface area contributed by atoms with E-state index >= 15 is 0 Å². The molecule has 2 aromatic heterocycles. The highest BCUT2D eigenvalue weighted by molar-refractivity contribution is 7.99. The largest absolute Gasteiger partial charge is 0.341 e. The first kappa shape index (κ1) is 15.2. The van der Waals surface area contributed by atoms with Crippen molar-refractivity contribution in [2.75, 3.05) is 25.4 Å². The molecule has 0 saturated heterocycles. The summed E-state index contributed by atoms with van der Waals surface area (Å²) in [5, 5.41) is 0.986. The molecule has 2 heterocycles. The van der Waals surface area contributed by atoms with Crippen LogP contribution in [-0.4, -0.2) is 50.2 Å². The molecule has 7 heteroatoms. The molecule has 18 heavy (non-hydrogen) atoms. The van der Waals surface area contributed by atoms with Crippen LogP contribution in [0.5, 0.6) is 0 Å². The zero-order valence-corrected chi connectivity index (χ0v) is 12.2. The number of nitrogens with zero attached hydrogens (tertiary/aromatic N) is 4. The summed E-state index contributed by atoms with van der Waals surface area (Å²) in [7, 11) is 0. The van der Waals surface area contributed by atoms with Crippen LogP contribution in [-0.2, 0) is 0 Å². The SMILES string of the molecule is CCN(CC)CCSc1ncnc2nc[nH]c12.Cl. The Morgan fingerprint density at radius 2 is 2.00 bits per heavy atom. The van der Waals surface area contributed by atoms with Crippen LogP contribution < -0.4 is 0 Å². The van der Waals surface area contributed by atoms with Gasteiger partial charge in [0.1, 0.15) is 16.9 Å². The predicted molar refractivity (Wildman–Crippen MR) is 77.4 cm³/mol. The van der Waals surface area contributed by atoms with Crippen LogP contribution in [0.1, 0.15) is 13.8 Å². The normalized spacial score (nSPS) is 10.8. The van der Waals surface area contributed by atoms with Crippen molar-refractivity contribution in [1.29, 1.82) is 0 Å². The highest BCUT2D eigenvalue weighted by Crippen LogP contribution is 2.21. The minimum Gasteiger partial charge on any atom is -0.341 e. The molecule has 0 saturated carbocycles. The van der Waals surface area contributed by atoms with Crippen molar-refractivity contribution in [3.05, 3.63) is 12.7 Å². The zero-order valence-electron chi connectivity index (χ0n) is 10.6. The van der Waals surface area contributed by atoms with Gasteiger partial charge < -0.3 is 9.88 Å². The lowest BCUT2D eigenvalue weighted by Gasteiger charge is -2.16. The first-order chi connectivity index (χ1) is 8.35. The molecule has 5 nitrogen and oxygen atoms in total. The van der Waals surface area contributed by atoms with Gasteiger partial charge in [-0.1, -0.05) is 13.8 Å². The number of nitrogens with one attached hydrogen (secondary N) is 1. The molecule has 0 atom stereocenters. The average Bonchev–Trinajstić information content (AvgIpc) is 2.83. The van der Waals surface area contributed by atoms with Crippen LogP contribution in [0.2, 0.25) is 0 Å². The quantitative estimate of drug-likeness (QED) is 0.652. The Morgan fingerprint density at radius 1 is 1.22 bits per heavy atom. The van der Waals surface area contributed by atoms with Crippen molar-refractivity contribution in [2.24, 2.45) is 0 Å². The molecule has 1 N–H and O–H groups in total. The average molecular weight is 288 g/mol. The molecule has 2 aromatic rings. The van der Waals surface area contributed by atoms with Gasteiger partial charge in [-0.15, -0.1) is 24.2 Å². The van der Waals surface area contributed by atoms with Crippen LogP contribution in [0.15, 0.2) is 17.7 Å². The van der Waals surface area contributed by atoms with Crippen LogP contribution >= 0.6 is 24.2 Å². The number of H-pyrrole nitrogens is 1. The molecule has 0 radical (unpaired) electrons. The van der Waals surface area contributed by atoms with Gasteiger partial charge in [-0.05, 0) is 13.1 Å². The van der Waals surface area contributed by atoms with E-state index < -0.39 is 0 Å². The number of hydrogen-bond donors (Lipinski definition) is 1. The van der Waals surface area contributed by atoms with E-state index in [-0.39, 0.29) is 12.4 Å². The standard InChI is InChI=1S/C11H17N5S.ClH/c1-3-16(4-2)5-6-17-11-9-10(13-7-12-9)14-8-15-11;/h7-8H,3-6H2,1-2H3,(H,12,13,14,15);1H. The minimum absolute atomic E-state index is 0. The highest BCUT2D eigenvalue weighted by atomic mass is 35.5. The van der Waals surface area contributed by atoms with Gasteiger partial charge in [-0.25, -0.2) is 15.0 Å². The monoisotopic (exact) mass is 287 g/mol. The van der Waals surface area contributed by atoms with Crippen LogP contribution in [0.4, 0.5) is 0 Å². The molecule has 0 aliphatic heterocycles. The molecule has 0 unspecified atom stereocenters. The van der Waals surface area contributed by atoms with Crippen molar-refractivity contribution >= 4 is 35.3 Å². The summed E-state index contributed by atoms with van der Waals surface area (Å²) in [6.07, 6.45) is 3.23. The fraction of sp³-hybridized carbons (Fsp3) is 0.545. The van der Waals surface area contributed by atoms with E-state index in [4.69, 9.17) is 0 Å². The number of imidazole rings is 1. The van der Waals surface area contributed by atoms with E-state index in [9.17, 15) is 0 Å². The van der Waals surface area contributed by atoms with Gasteiger partial charge in [-0.2, -0.15) is 0 Å². The van der Waals surface area contributed by atoms with Gasteiger partial charge in [0.2, 0.25) is 0 Å². The summed E-state index contributed by atoms with van der Waals surface area (Å²) in [4.78, 5) is 18.0. The fourth-order valence-electron chi connectivity index (χ4n) is 1.66. The number of fused-ring (bicyclic) bond motifs is 1. The lowest BCUT2D eigenvalue weighted by Crippen LogP contribution is -2.25. The molecule has 0 aromatic carbocycles. The number of rotatable bonds is 6. The van der Waals surface area contributed by atoms with Gasteiger partial charge in [0, 0.05) is 12.3 Å². The molecule has 0 aliphatic carbocycles. The molecule has 0 aliphatic rings. The molecular formula is C11H18ClN5S. The first-order valence-corrected chi connectivity index (χ1v) is 6.83. The van der Waals surface area contributed by atoms with Crippen molar-refractivity contribution in [2.45, 2.75) is 18.9 Å². The number of thioether (sulfide) groups is 1. The number of aromatic nitrogens is 4. The van der Waals surface area contributed by atoms with Crippen LogP contribution in [0, 0.1) is 0 Å². The molecule has 100 valence electrons. The summed E-state index contributed by atoms with van der Waals surface area (Å²) >= 11 is 1.75. The molecule has 0 fully saturated rings. The second-order valence-corrected chi connectivity index (χ2v) is 4.74. The van der Waals surface area contributed by atoms with Gasteiger partial charge in [-0.3, -0.25) is 0 Å². The molecule has 2 rings (SSSR count). The molecule has 0 bridgehead atoms. The van der Waals surface area contributed by atoms with Crippen molar-refractivity contribution in [3.63, 3.8) is 0 Å². The molecule has 0 spiro atoms. The van der Waals surface area contributed by atoms with E-state index in [0.717, 1.165) is 41.6 Å². The van der Waals surface area contributed by atoms with Gasteiger partial charge in [0.15, 0.2) is 5.65 Å². The molecule has 0 amide bonds. The van der Waals surface area contributed by atoms with E-state index in [1.807, 2.05) is 0 Å². The minimum atomic E-state index is 0. The molecular weight excluding hydrogens is 270 g/mol. The number of hydrogen-bond acceptors (Lipinski definition) is 5. The maximum atomic E-state index is 4.29. The Kier molecular flexibility index (Phi) is 6.38. The number of halogens is 1. The van der Waals surface area contributed by atoms with Gasteiger partial charge in [0.25, 0.3) is 0 Å². The van der Waals surface area contributed by atoms with Crippen LogP contribution in [0.3, 0.4) is 0 Å². The lowest BCUT2D eigenvalue weighted by molar-refractivity contribution is 0.324. The van der Waals surface area contributed by atoms with E-state index in [2.05, 4.69) is 38.7 Å². The van der Waals surface area contributed by atoms with E-state index in [1.54, 1.807) is 24.4 Å². The van der Waals surface area contributed by atoms with Gasteiger partial charge >= 0.3 is 0 Å². The summed E-state index contributed by atoms with van der Waals surface area (Å²) in [6.45, 7) is 7.65. The van der Waals surface area contributed by atoms with Gasteiger partial charge in [0.05, 0.1) is 6.33 Å². The second-order valence-electron chi connectivity index (χ2n) is 3.66. The fourth-order valence-corrected chi connectivity index (χ4v) is 2.62. The first-order valence-electron chi connectivity index (χ1n) is 5.84. The topological polar surface area (TPSA) is 57.7 Å². The Labute approximate surface area is 117 Å². The van der Waals surface area contributed by atoms with E-state index in [0.29, 0.717) is 0 Å². The number of aromatic amines is 1. The Morgan fingerprint density at radius 3 is 2.72 bits per heavy atom. The van der Waals surface area contributed by atoms with Crippen molar-refractivity contribution < 1.29 is 0 Å². The zero-order chi connectivity index (χ0) is 12.1. The third kappa shape index (κ3) is 3.57. The lowest BCUT2D eigenvalue weighted by atomic mass is 10.5. The summed E-state index contributed by atoms with van der Waals surface area (Å²) < 4.78 is 0. The maximum Gasteiger partial charge on any atom is 0.181 e. The summed E-state index contributed by atoms with van der Waals surface area (Å²) in [6, 6.07) is 0. The maximum absolute atomic E-state index is 4.29. The van der Waals surface area contributed by atoms with E-state index in [1.165, 1.54) is 0 Å². The summed E-state index contributed by atoms with van der Waals surface area (Å²) in [5.74, 6) is 1.03.